The minimum absolute atomic E-state index is 0.382. The number of hydrogen-bond donors (Lipinski definition) is 2. The molecule has 5 nitrogen and oxygen atoms in total. The number of para-hydroxylation sites is 2. The lowest BCUT2D eigenvalue weighted by molar-refractivity contribution is 0.0868. The van der Waals surface area contributed by atoms with Crippen molar-refractivity contribution in [2.24, 2.45) is 0 Å². The minimum Gasteiger partial charge on any atom is -0.341 e. The normalized spacial score (nSPS) is 22.9. The second kappa shape index (κ2) is 7.41. The maximum atomic E-state index is 4.86. The lowest BCUT2D eigenvalue weighted by Crippen LogP contribution is -2.48. The first kappa shape index (κ1) is 16.9. The molecular weight excluding hydrogens is 334 g/mol. The van der Waals surface area contributed by atoms with Gasteiger partial charge in [0.2, 0.25) is 0 Å². The third kappa shape index (κ3) is 3.37. The number of nitrogens with zero attached hydrogens (tertiary/aromatic N) is 3. The maximum absolute atomic E-state index is 4.86. The quantitative estimate of drug-likeness (QED) is 0.746. The largest absolute Gasteiger partial charge is 0.341 e. The van der Waals surface area contributed by atoms with Crippen LogP contribution in [0.4, 0.5) is 0 Å². The molecule has 2 N–H and O–H groups in total. The zero-order valence-corrected chi connectivity index (χ0v) is 15.7. The van der Waals surface area contributed by atoms with Crippen LogP contribution in [0.25, 0.3) is 11.0 Å². The number of aryl methyl sites for hydroxylation is 1. The fourth-order valence-corrected chi connectivity index (χ4v) is 4.77. The fraction of sp³-hybridized carbons (Fsp3) is 0.455. The van der Waals surface area contributed by atoms with Crippen molar-refractivity contribution in [3.8, 4) is 0 Å². The van der Waals surface area contributed by atoms with E-state index >= 15 is 0 Å². The summed E-state index contributed by atoms with van der Waals surface area (Å²) in [5, 5.41) is 3.60. The summed E-state index contributed by atoms with van der Waals surface area (Å²) < 4.78 is 0. The molecule has 2 aliphatic rings. The van der Waals surface area contributed by atoms with Crippen LogP contribution in [0.1, 0.15) is 48.8 Å². The van der Waals surface area contributed by atoms with Gasteiger partial charge in [-0.3, -0.25) is 9.88 Å². The Morgan fingerprint density at radius 2 is 2.04 bits per heavy atom. The van der Waals surface area contributed by atoms with E-state index in [-0.39, 0.29) is 0 Å². The number of rotatable bonds is 4. The SMILES string of the molecule is c1cnc2c(c1)CCC[C@@H]2N(Cc1nc2ccccc2[nH]1)C1CCCNC1. The van der Waals surface area contributed by atoms with Gasteiger partial charge in [-0.25, -0.2) is 4.98 Å². The van der Waals surface area contributed by atoms with E-state index in [0.29, 0.717) is 12.1 Å². The molecule has 2 aromatic heterocycles. The average Bonchev–Trinajstić information content (AvgIpc) is 3.15. The Hall–Kier alpha value is -2.24. The number of benzene rings is 1. The smallest absolute Gasteiger partial charge is 0.121 e. The lowest BCUT2D eigenvalue weighted by Gasteiger charge is -2.41. The van der Waals surface area contributed by atoms with E-state index < -0.39 is 0 Å². The summed E-state index contributed by atoms with van der Waals surface area (Å²) in [6, 6.07) is 13.6. The van der Waals surface area contributed by atoms with E-state index in [2.05, 4.69) is 51.6 Å². The monoisotopic (exact) mass is 361 g/mol. The minimum atomic E-state index is 0.382. The van der Waals surface area contributed by atoms with Crippen molar-refractivity contribution < 1.29 is 0 Å². The summed E-state index contributed by atoms with van der Waals surface area (Å²) in [6.07, 6.45) is 8.01. The Balaban J connectivity index is 1.49. The lowest BCUT2D eigenvalue weighted by atomic mass is 9.89. The van der Waals surface area contributed by atoms with Gasteiger partial charge in [0.25, 0.3) is 0 Å². The summed E-state index contributed by atoms with van der Waals surface area (Å²) in [6.45, 7) is 3.04. The van der Waals surface area contributed by atoms with E-state index in [9.17, 15) is 0 Å². The Kier molecular flexibility index (Phi) is 4.64. The second-order valence-electron chi connectivity index (χ2n) is 7.83. The Morgan fingerprint density at radius 3 is 2.93 bits per heavy atom. The molecule has 5 rings (SSSR count). The molecule has 1 unspecified atom stereocenters. The summed E-state index contributed by atoms with van der Waals surface area (Å²) in [4.78, 5) is 15.9. The molecule has 1 saturated heterocycles. The average molecular weight is 361 g/mol. The van der Waals surface area contributed by atoms with Gasteiger partial charge in [0.15, 0.2) is 0 Å². The number of pyridine rings is 1. The predicted molar refractivity (Wildman–Crippen MR) is 107 cm³/mol. The summed E-state index contributed by atoms with van der Waals surface area (Å²) in [5.74, 6) is 1.06. The van der Waals surface area contributed by atoms with E-state index in [1.807, 2.05) is 6.20 Å². The van der Waals surface area contributed by atoms with Crippen molar-refractivity contribution in [2.45, 2.75) is 50.7 Å². The molecule has 140 valence electrons. The van der Waals surface area contributed by atoms with Gasteiger partial charge in [0.05, 0.1) is 29.3 Å². The molecule has 0 saturated carbocycles. The highest BCUT2D eigenvalue weighted by molar-refractivity contribution is 5.74. The second-order valence-corrected chi connectivity index (χ2v) is 7.83. The van der Waals surface area contributed by atoms with Crippen LogP contribution in [0.3, 0.4) is 0 Å². The standard InChI is InChI=1S/C22H27N5/c1-2-10-19-18(9-1)25-21(26-19)15-27(17-8-5-12-23-14-17)20-11-3-6-16-7-4-13-24-22(16)20/h1-2,4,7,9-10,13,17,20,23H,3,5-6,8,11-12,14-15H2,(H,25,26)/t17?,20-/m0/s1. The van der Waals surface area contributed by atoms with Gasteiger partial charge >= 0.3 is 0 Å². The highest BCUT2D eigenvalue weighted by Gasteiger charge is 2.33. The van der Waals surface area contributed by atoms with Crippen LogP contribution in [0.2, 0.25) is 0 Å². The number of nitrogens with one attached hydrogen (secondary N) is 2. The molecule has 0 spiro atoms. The number of hydrogen-bond acceptors (Lipinski definition) is 4. The van der Waals surface area contributed by atoms with Gasteiger partial charge in [0.1, 0.15) is 5.82 Å². The zero-order valence-electron chi connectivity index (χ0n) is 15.7. The van der Waals surface area contributed by atoms with Crippen molar-refractivity contribution >= 4 is 11.0 Å². The van der Waals surface area contributed by atoms with E-state index in [0.717, 1.165) is 42.9 Å². The van der Waals surface area contributed by atoms with E-state index in [4.69, 9.17) is 9.97 Å². The van der Waals surface area contributed by atoms with Crippen molar-refractivity contribution in [3.63, 3.8) is 0 Å². The first-order valence-corrected chi connectivity index (χ1v) is 10.2. The van der Waals surface area contributed by atoms with Crippen molar-refractivity contribution in [1.29, 1.82) is 0 Å². The molecule has 5 heteroatoms. The van der Waals surface area contributed by atoms with Crippen LogP contribution in [0, 0.1) is 0 Å². The van der Waals surface area contributed by atoms with Crippen LogP contribution >= 0.6 is 0 Å². The molecule has 0 radical (unpaired) electrons. The zero-order chi connectivity index (χ0) is 18.1. The molecule has 3 heterocycles. The number of piperidine rings is 1. The van der Waals surface area contributed by atoms with Crippen molar-refractivity contribution in [2.75, 3.05) is 13.1 Å². The molecule has 0 amide bonds. The molecular formula is C22H27N5. The van der Waals surface area contributed by atoms with Crippen LogP contribution < -0.4 is 5.32 Å². The number of aromatic amines is 1. The van der Waals surface area contributed by atoms with E-state index in [1.54, 1.807) is 0 Å². The molecule has 3 aromatic rings. The Labute approximate surface area is 160 Å². The molecule has 1 aliphatic heterocycles. The summed E-state index contributed by atoms with van der Waals surface area (Å²) >= 11 is 0. The van der Waals surface area contributed by atoms with Crippen LogP contribution in [-0.4, -0.2) is 39.0 Å². The molecule has 1 aliphatic carbocycles. The van der Waals surface area contributed by atoms with Crippen LogP contribution in [-0.2, 0) is 13.0 Å². The highest BCUT2D eigenvalue weighted by Crippen LogP contribution is 2.36. The highest BCUT2D eigenvalue weighted by atomic mass is 15.2. The molecule has 27 heavy (non-hydrogen) atoms. The number of H-pyrrole nitrogens is 1. The summed E-state index contributed by atoms with van der Waals surface area (Å²) in [5.41, 5.74) is 4.88. The van der Waals surface area contributed by atoms with Crippen molar-refractivity contribution in [3.05, 3.63) is 59.7 Å². The van der Waals surface area contributed by atoms with Gasteiger partial charge in [0, 0.05) is 18.8 Å². The van der Waals surface area contributed by atoms with Crippen molar-refractivity contribution in [1.82, 2.24) is 25.2 Å². The van der Waals surface area contributed by atoms with Crippen LogP contribution in [0.15, 0.2) is 42.6 Å². The third-order valence-electron chi connectivity index (χ3n) is 6.08. The molecule has 0 bridgehead atoms. The number of imidazole rings is 1. The predicted octanol–water partition coefficient (Wildman–Crippen LogP) is 3.59. The van der Waals surface area contributed by atoms with Gasteiger partial charge in [-0.05, 0) is 62.4 Å². The molecule has 1 aromatic carbocycles. The number of aromatic nitrogens is 3. The maximum Gasteiger partial charge on any atom is 0.121 e. The van der Waals surface area contributed by atoms with Gasteiger partial charge < -0.3 is 10.3 Å². The van der Waals surface area contributed by atoms with Gasteiger partial charge in [-0.1, -0.05) is 18.2 Å². The first-order chi connectivity index (χ1) is 13.4. The van der Waals surface area contributed by atoms with Gasteiger partial charge in [-0.2, -0.15) is 0 Å². The Bertz CT molecular complexity index is 879. The Morgan fingerprint density at radius 1 is 1.07 bits per heavy atom. The fourth-order valence-electron chi connectivity index (χ4n) is 4.77. The van der Waals surface area contributed by atoms with E-state index in [1.165, 1.54) is 36.9 Å². The molecule has 1 fully saturated rings. The molecule has 2 atom stereocenters. The third-order valence-corrected chi connectivity index (χ3v) is 6.08. The topological polar surface area (TPSA) is 56.8 Å². The van der Waals surface area contributed by atoms with Gasteiger partial charge in [-0.15, -0.1) is 0 Å². The summed E-state index contributed by atoms with van der Waals surface area (Å²) in [7, 11) is 0. The van der Waals surface area contributed by atoms with Crippen LogP contribution in [0.5, 0.6) is 0 Å². The number of fused-ring (bicyclic) bond motifs is 2. The first-order valence-electron chi connectivity index (χ1n) is 10.2.